The summed E-state index contributed by atoms with van der Waals surface area (Å²) >= 11 is 0. The predicted octanol–water partition coefficient (Wildman–Crippen LogP) is 3.95. The molecule has 1 fully saturated rings. The molecular formula is C18H21NO2. The Morgan fingerprint density at radius 3 is 2.48 bits per heavy atom. The molecule has 0 saturated carbocycles. The number of phenols is 1. The molecule has 2 unspecified atom stereocenters. The molecule has 110 valence electrons. The van der Waals surface area contributed by atoms with Gasteiger partial charge in [-0.25, -0.2) is 0 Å². The van der Waals surface area contributed by atoms with Gasteiger partial charge in [0.25, 0.3) is 5.91 Å². The first-order valence-corrected chi connectivity index (χ1v) is 7.63. The van der Waals surface area contributed by atoms with E-state index in [4.69, 9.17) is 0 Å². The Labute approximate surface area is 125 Å². The Bertz CT molecular complexity index is 670. The number of piperidine rings is 1. The molecule has 21 heavy (non-hydrogen) atoms. The zero-order chi connectivity index (χ0) is 15.0. The molecule has 3 rings (SSSR count). The molecule has 2 aromatic rings. The highest BCUT2D eigenvalue weighted by atomic mass is 16.3. The molecule has 1 amide bonds. The molecule has 1 saturated heterocycles. The van der Waals surface area contributed by atoms with Crippen molar-refractivity contribution in [3.05, 3.63) is 42.0 Å². The second-order valence-electron chi connectivity index (χ2n) is 6.02. The molecule has 0 bridgehead atoms. The number of likely N-dealkylation sites (tertiary alicyclic amines) is 1. The van der Waals surface area contributed by atoms with Gasteiger partial charge in [0.15, 0.2) is 0 Å². The minimum atomic E-state index is -0.0575. The summed E-state index contributed by atoms with van der Waals surface area (Å²) < 4.78 is 0. The van der Waals surface area contributed by atoms with Crippen molar-refractivity contribution in [3.63, 3.8) is 0 Å². The molecule has 3 nitrogen and oxygen atoms in total. The van der Waals surface area contributed by atoms with Gasteiger partial charge in [0.2, 0.25) is 0 Å². The lowest BCUT2D eigenvalue weighted by atomic mass is 9.95. The number of rotatable bonds is 1. The monoisotopic (exact) mass is 283 g/mol. The molecule has 1 N–H and O–H groups in total. The first kappa shape index (κ1) is 13.9. The van der Waals surface area contributed by atoms with Gasteiger partial charge in [-0.15, -0.1) is 0 Å². The first-order valence-electron chi connectivity index (χ1n) is 7.63. The summed E-state index contributed by atoms with van der Waals surface area (Å²) in [6.07, 6.45) is 3.23. The van der Waals surface area contributed by atoms with Crippen LogP contribution in [0.4, 0.5) is 0 Å². The van der Waals surface area contributed by atoms with Gasteiger partial charge in [-0.05, 0) is 44.6 Å². The summed E-state index contributed by atoms with van der Waals surface area (Å²) in [7, 11) is 0. The molecule has 1 heterocycles. The smallest absolute Gasteiger partial charge is 0.258 e. The van der Waals surface area contributed by atoms with Crippen LogP contribution in [0.15, 0.2) is 36.4 Å². The SMILES string of the molecule is CC1CCCC(C)N1C(=O)c1ccc2ccccc2c1O. The lowest BCUT2D eigenvalue weighted by Gasteiger charge is -2.39. The highest BCUT2D eigenvalue weighted by Gasteiger charge is 2.31. The van der Waals surface area contributed by atoms with E-state index < -0.39 is 0 Å². The van der Waals surface area contributed by atoms with E-state index in [0.29, 0.717) is 5.56 Å². The quantitative estimate of drug-likeness (QED) is 0.861. The molecule has 0 aromatic heterocycles. The van der Waals surface area contributed by atoms with Crippen molar-refractivity contribution in [3.8, 4) is 5.75 Å². The molecule has 2 atom stereocenters. The van der Waals surface area contributed by atoms with Crippen LogP contribution in [0.1, 0.15) is 43.5 Å². The first-order chi connectivity index (χ1) is 10.1. The molecule has 0 radical (unpaired) electrons. The van der Waals surface area contributed by atoms with Crippen LogP contribution in [0, 0.1) is 0 Å². The number of fused-ring (bicyclic) bond motifs is 1. The Morgan fingerprint density at radius 2 is 1.76 bits per heavy atom. The van der Waals surface area contributed by atoms with E-state index in [9.17, 15) is 9.90 Å². The summed E-state index contributed by atoms with van der Waals surface area (Å²) in [6, 6.07) is 11.7. The zero-order valence-electron chi connectivity index (χ0n) is 12.5. The van der Waals surface area contributed by atoms with Crippen molar-refractivity contribution in [2.45, 2.75) is 45.2 Å². The van der Waals surface area contributed by atoms with E-state index in [0.717, 1.165) is 30.0 Å². The predicted molar refractivity (Wildman–Crippen MR) is 84.6 cm³/mol. The molecular weight excluding hydrogens is 262 g/mol. The number of amides is 1. The summed E-state index contributed by atoms with van der Waals surface area (Å²) in [6.45, 7) is 4.18. The molecule has 0 spiro atoms. The van der Waals surface area contributed by atoms with Gasteiger partial charge in [-0.1, -0.05) is 30.3 Å². The fourth-order valence-electron chi connectivity index (χ4n) is 3.39. The minimum Gasteiger partial charge on any atom is -0.506 e. The third-order valence-corrected chi connectivity index (χ3v) is 4.56. The number of carbonyl (C=O) groups is 1. The third-order valence-electron chi connectivity index (χ3n) is 4.56. The number of carbonyl (C=O) groups excluding carboxylic acids is 1. The largest absolute Gasteiger partial charge is 0.506 e. The summed E-state index contributed by atoms with van der Waals surface area (Å²) in [5, 5.41) is 12.2. The number of benzene rings is 2. The van der Waals surface area contributed by atoms with Gasteiger partial charge in [-0.2, -0.15) is 0 Å². The van der Waals surface area contributed by atoms with E-state index in [1.165, 1.54) is 0 Å². The van der Waals surface area contributed by atoms with Crippen molar-refractivity contribution in [1.29, 1.82) is 0 Å². The fourth-order valence-corrected chi connectivity index (χ4v) is 3.39. The maximum Gasteiger partial charge on any atom is 0.258 e. The molecule has 3 heteroatoms. The zero-order valence-corrected chi connectivity index (χ0v) is 12.5. The molecule has 1 aliphatic rings. The van der Waals surface area contributed by atoms with Crippen molar-refractivity contribution in [2.24, 2.45) is 0 Å². The second-order valence-corrected chi connectivity index (χ2v) is 6.02. The van der Waals surface area contributed by atoms with Gasteiger partial charge >= 0.3 is 0 Å². The number of hydrogen-bond donors (Lipinski definition) is 1. The lowest BCUT2D eigenvalue weighted by Crippen LogP contribution is -2.47. The second kappa shape index (κ2) is 5.40. The standard InChI is InChI=1S/C18H21NO2/c1-12-6-5-7-13(2)19(12)18(21)16-11-10-14-8-3-4-9-15(14)17(16)20/h3-4,8-13,20H,5-7H2,1-2H3. The van der Waals surface area contributed by atoms with E-state index in [1.54, 1.807) is 6.07 Å². The third kappa shape index (κ3) is 2.37. The molecule has 1 aliphatic heterocycles. The van der Waals surface area contributed by atoms with Crippen LogP contribution in [0.3, 0.4) is 0 Å². The van der Waals surface area contributed by atoms with Gasteiger partial charge in [0.1, 0.15) is 5.75 Å². The Kier molecular flexibility index (Phi) is 3.58. The maximum atomic E-state index is 12.9. The van der Waals surface area contributed by atoms with E-state index in [1.807, 2.05) is 35.2 Å². The average molecular weight is 283 g/mol. The van der Waals surface area contributed by atoms with Gasteiger partial charge < -0.3 is 10.0 Å². The highest BCUT2D eigenvalue weighted by molar-refractivity contribution is 6.03. The highest BCUT2D eigenvalue weighted by Crippen LogP contribution is 2.32. The van der Waals surface area contributed by atoms with Crippen LogP contribution >= 0.6 is 0 Å². The van der Waals surface area contributed by atoms with E-state index >= 15 is 0 Å². The summed E-state index contributed by atoms with van der Waals surface area (Å²) in [5.41, 5.74) is 0.411. The lowest BCUT2D eigenvalue weighted by molar-refractivity contribution is 0.0508. The summed E-state index contributed by atoms with van der Waals surface area (Å²) in [4.78, 5) is 14.8. The molecule has 0 aliphatic carbocycles. The number of nitrogens with zero attached hydrogens (tertiary/aromatic N) is 1. The fraction of sp³-hybridized carbons (Fsp3) is 0.389. The van der Waals surface area contributed by atoms with Gasteiger partial charge in [0, 0.05) is 17.5 Å². The van der Waals surface area contributed by atoms with Crippen LogP contribution in [0.5, 0.6) is 5.75 Å². The maximum absolute atomic E-state index is 12.9. The van der Waals surface area contributed by atoms with Crippen LogP contribution in [0.25, 0.3) is 10.8 Å². The van der Waals surface area contributed by atoms with Crippen LogP contribution < -0.4 is 0 Å². The van der Waals surface area contributed by atoms with Crippen LogP contribution in [-0.2, 0) is 0 Å². The molecule has 2 aromatic carbocycles. The van der Waals surface area contributed by atoms with Crippen molar-refractivity contribution < 1.29 is 9.90 Å². The van der Waals surface area contributed by atoms with Crippen molar-refractivity contribution in [1.82, 2.24) is 4.90 Å². The van der Waals surface area contributed by atoms with E-state index in [-0.39, 0.29) is 23.7 Å². The number of phenolic OH excluding ortho intramolecular Hbond substituents is 1. The van der Waals surface area contributed by atoms with Crippen molar-refractivity contribution >= 4 is 16.7 Å². The number of hydrogen-bond acceptors (Lipinski definition) is 2. The van der Waals surface area contributed by atoms with Crippen molar-refractivity contribution in [2.75, 3.05) is 0 Å². The topological polar surface area (TPSA) is 40.5 Å². The minimum absolute atomic E-state index is 0.0575. The Balaban J connectivity index is 2.03. The Morgan fingerprint density at radius 1 is 1.10 bits per heavy atom. The van der Waals surface area contributed by atoms with Crippen LogP contribution in [0.2, 0.25) is 0 Å². The normalized spacial score (nSPS) is 22.5. The van der Waals surface area contributed by atoms with Gasteiger partial charge in [-0.3, -0.25) is 4.79 Å². The average Bonchev–Trinajstić information content (AvgIpc) is 2.47. The van der Waals surface area contributed by atoms with Crippen LogP contribution in [-0.4, -0.2) is 28.0 Å². The van der Waals surface area contributed by atoms with Gasteiger partial charge in [0.05, 0.1) is 5.56 Å². The summed E-state index contributed by atoms with van der Waals surface area (Å²) in [5.74, 6) is 0.0426. The number of aromatic hydroxyl groups is 1. The Hall–Kier alpha value is -2.03. The van der Waals surface area contributed by atoms with E-state index in [2.05, 4.69) is 13.8 Å².